The summed E-state index contributed by atoms with van der Waals surface area (Å²) in [5.74, 6) is -0.244. The molecule has 8 heteroatoms. The van der Waals surface area contributed by atoms with Gasteiger partial charge in [0.25, 0.3) is 0 Å². The van der Waals surface area contributed by atoms with Crippen molar-refractivity contribution in [1.82, 2.24) is 9.80 Å². The molecule has 1 saturated heterocycles. The van der Waals surface area contributed by atoms with E-state index in [9.17, 15) is 14.4 Å². The number of nitrogens with zero attached hydrogens (tertiary/aromatic N) is 2. The quantitative estimate of drug-likeness (QED) is 0.612. The first-order valence-electron chi connectivity index (χ1n) is 10.3. The summed E-state index contributed by atoms with van der Waals surface area (Å²) >= 11 is 1.30. The summed E-state index contributed by atoms with van der Waals surface area (Å²) in [6.07, 6.45) is 0.403. The number of aryl methyl sites for hydroxylation is 1. The van der Waals surface area contributed by atoms with E-state index in [0.29, 0.717) is 38.3 Å². The van der Waals surface area contributed by atoms with Crippen molar-refractivity contribution in [2.24, 2.45) is 5.73 Å². The van der Waals surface area contributed by atoms with Crippen LogP contribution in [-0.4, -0.2) is 66.0 Å². The van der Waals surface area contributed by atoms with E-state index in [-0.39, 0.29) is 24.1 Å². The molecule has 3 amide bonds. The number of thioether (sulfide) groups is 1. The lowest BCUT2D eigenvalue weighted by Crippen LogP contribution is -2.50. The second-order valence-corrected chi connectivity index (χ2v) is 8.64. The number of primary amides is 1. The van der Waals surface area contributed by atoms with Gasteiger partial charge in [-0.3, -0.25) is 19.3 Å². The Balaban J connectivity index is 1.45. The SMILES string of the molecule is Cc1ccc(CC(=O)N2CCN(CC(=O)Nc3ccccc3SCC(N)=O)CC2)cc1. The molecular formula is C23H28N4O3S. The molecule has 1 aliphatic rings. The fraction of sp³-hybridized carbons (Fsp3) is 0.348. The van der Waals surface area contributed by atoms with Crippen molar-refractivity contribution in [3.63, 3.8) is 0 Å². The molecule has 164 valence electrons. The Kier molecular flexibility index (Phi) is 8.08. The molecule has 0 saturated carbocycles. The molecule has 3 rings (SSSR count). The lowest BCUT2D eigenvalue weighted by atomic mass is 10.1. The first-order valence-corrected chi connectivity index (χ1v) is 11.2. The predicted octanol–water partition coefficient (Wildman–Crippen LogP) is 1.90. The van der Waals surface area contributed by atoms with Crippen LogP contribution in [-0.2, 0) is 20.8 Å². The second-order valence-electron chi connectivity index (χ2n) is 7.62. The van der Waals surface area contributed by atoms with Crippen LogP contribution in [0.25, 0.3) is 0 Å². The molecule has 3 N–H and O–H groups in total. The van der Waals surface area contributed by atoms with Gasteiger partial charge >= 0.3 is 0 Å². The minimum absolute atomic E-state index is 0.119. The van der Waals surface area contributed by atoms with E-state index in [0.717, 1.165) is 10.5 Å². The van der Waals surface area contributed by atoms with Crippen molar-refractivity contribution in [1.29, 1.82) is 0 Å². The average molecular weight is 441 g/mol. The summed E-state index contributed by atoms with van der Waals surface area (Å²) in [6, 6.07) is 15.4. The van der Waals surface area contributed by atoms with Crippen molar-refractivity contribution in [2.75, 3.05) is 43.8 Å². The van der Waals surface area contributed by atoms with Crippen LogP contribution in [0.5, 0.6) is 0 Å². The number of rotatable bonds is 8. The van der Waals surface area contributed by atoms with E-state index in [1.807, 2.05) is 65.3 Å². The third-order valence-corrected chi connectivity index (χ3v) is 6.20. The number of nitrogens with one attached hydrogen (secondary N) is 1. The van der Waals surface area contributed by atoms with Gasteiger partial charge in [-0.2, -0.15) is 0 Å². The van der Waals surface area contributed by atoms with Crippen LogP contribution in [0.4, 0.5) is 5.69 Å². The highest BCUT2D eigenvalue weighted by Gasteiger charge is 2.22. The molecule has 0 radical (unpaired) electrons. The molecule has 7 nitrogen and oxygen atoms in total. The van der Waals surface area contributed by atoms with Gasteiger partial charge in [0.15, 0.2) is 0 Å². The molecule has 0 aliphatic carbocycles. The van der Waals surface area contributed by atoms with Crippen molar-refractivity contribution in [3.8, 4) is 0 Å². The van der Waals surface area contributed by atoms with Crippen molar-refractivity contribution in [2.45, 2.75) is 18.2 Å². The van der Waals surface area contributed by atoms with Crippen LogP contribution < -0.4 is 11.1 Å². The van der Waals surface area contributed by atoms with E-state index in [1.165, 1.54) is 17.3 Å². The van der Waals surface area contributed by atoms with Crippen LogP contribution in [0, 0.1) is 6.92 Å². The molecule has 0 bridgehead atoms. The minimum Gasteiger partial charge on any atom is -0.369 e. The molecule has 1 fully saturated rings. The lowest BCUT2D eigenvalue weighted by molar-refractivity contribution is -0.132. The first kappa shape index (κ1) is 22.8. The van der Waals surface area contributed by atoms with Crippen LogP contribution in [0.15, 0.2) is 53.4 Å². The zero-order chi connectivity index (χ0) is 22.2. The van der Waals surface area contributed by atoms with Crippen LogP contribution in [0.3, 0.4) is 0 Å². The van der Waals surface area contributed by atoms with Crippen LogP contribution in [0.1, 0.15) is 11.1 Å². The Morgan fingerprint density at radius 1 is 1.00 bits per heavy atom. The van der Waals surface area contributed by atoms with Gasteiger partial charge in [-0.05, 0) is 24.6 Å². The zero-order valence-electron chi connectivity index (χ0n) is 17.7. The summed E-state index contributed by atoms with van der Waals surface area (Å²) in [5.41, 5.74) is 8.08. The van der Waals surface area contributed by atoms with Gasteiger partial charge in [-0.1, -0.05) is 42.0 Å². The molecule has 0 aromatic heterocycles. The number of carbonyl (C=O) groups excluding carboxylic acids is 3. The third kappa shape index (κ3) is 7.11. The summed E-state index contributed by atoms with van der Waals surface area (Å²) < 4.78 is 0. The van der Waals surface area contributed by atoms with Gasteiger partial charge in [0.2, 0.25) is 17.7 Å². The largest absolute Gasteiger partial charge is 0.369 e. The van der Waals surface area contributed by atoms with E-state index in [2.05, 4.69) is 5.32 Å². The predicted molar refractivity (Wildman–Crippen MR) is 123 cm³/mol. The van der Waals surface area contributed by atoms with Gasteiger partial charge in [-0.25, -0.2) is 0 Å². The number of piperazine rings is 1. The molecule has 2 aromatic carbocycles. The minimum atomic E-state index is -0.402. The van der Waals surface area contributed by atoms with E-state index in [4.69, 9.17) is 5.73 Å². The van der Waals surface area contributed by atoms with Crippen LogP contribution >= 0.6 is 11.8 Å². The Labute approximate surface area is 187 Å². The number of hydrogen-bond donors (Lipinski definition) is 2. The first-order chi connectivity index (χ1) is 14.9. The maximum Gasteiger partial charge on any atom is 0.238 e. The number of amides is 3. The maximum absolute atomic E-state index is 12.6. The number of para-hydroxylation sites is 1. The highest BCUT2D eigenvalue weighted by Crippen LogP contribution is 2.26. The highest BCUT2D eigenvalue weighted by molar-refractivity contribution is 8.00. The van der Waals surface area contributed by atoms with Crippen LogP contribution in [0.2, 0.25) is 0 Å². The summed E-state index contributed by atoms with van der Waals surface area (Å²) in [6.45, 7) is 4.83. The normalized spacial score (nSPS) is 14.3. The van der Waals surface area contributed by atoms with E-state index < -0.39 is 5.91 Å². The van der Waals surface area contributed by atoms with Gasteiger partial charge in [0.05, 0.1) is 24.4 Å². The third-order valence-electron chi connectivity index (χ3n) is 5.10. The molecule has 31 heavy (non-hydrogen) atoms. The molecule has 1 heterocycles. The van der Waals surface area contributed by atoms with Gasteiger partial charge < -0.3 is 16.0 Å². The second kappa shape index (κ2) is 11.0. The topological polar surface area (TPSA) is 95.7 Å². The average Bonchev–Trinajstić information content (AvgIpc) is 2.75. The van der Waals surface area contributed by atoms with E-state index >= 15 is 0 Å². The Hall–Kier alpha value is -2.84. The molecular weight excluding hydrogens is 412 g/mol. The summed E-state index contributed by atoms with van der Waals surface area (Å²) in [4.78, 5) is 40.8. The number of benzene rings is 2. The fourth-order valence-corrected chi connectivity index (χ4v) is 4.13. The highest BCUT2D eigenvalue weighted by atomic mass is 32.2. The Morgan fingerprint density at radius 3 is 2.35 bits per heavy atom. The van der Waals surface area contributed by atoms with Gasteiger partial charge in [0, 0.05) is 31.1 Å². The maximum atomic E-state index is 12.6. The summed E-state index contributed by atoms with van der Waals surface area (Å²) in [7, 11) is 0. The van der Waals surface area contributed by atoms with Gasteiger partial charge in [-0.15, -0.1) is 11.8 Å². The zero-order valence-corrected chi connectivity index (χ0v) is 18.5. The van der Waals surface area contributed by atoms with Crippen molar-refractivity contribution in [3.05, 3.63) is 59.7 Å². The Morgan fingerprint density at radius 2 is 1.68 bits per heavy atom. The summed E-state index contributed by atoms with van der Waals surface area (Å²) in [5, 5.41) is 2.92. The molecule has 1 aliphatic heterocycles. The number of hydrogen-bond acceptors (Lipinski definition) is 5. The monoisotopic (exact) mass is 440 g/mol. The fourth-order valence-electron chi connectivity index (χ4n) is 3.39. The molecule has 0 spiro atoms. The van der Waals surface area contributed by atoms with Crippen molar-refractivity contribution < 1.29 is 14.4 Å². The molecule has 2 aromatic rings. The smallest absolute Gasteiger partial charge is 0.238 e. The number of carbonyl (C=O) groups is 3. The van der Waals surface area contributed by atoms with Gasteiger partial charge in [0.1, 0.15) is 0 Å². The molecule has 0 unspecified atom stereocenters. The van der Waals surface area contributed by atoms with E-state index in [1.54, 1.807) is 0 Å². The Bertz CT molecular complexity index is 925. The standard InChI is InChI=1S/C23H28N4O3S/c1-17-6-8-18(9-7-17)14-23(30)27-12-10-26(11-13-27)15-22(29)25-19-4-2-3-5-20(19)31-16-21(24)28/h2-9H,10-16H2,1H3,(H2,24,28)(H,25,29). The lowest BCUT2D eigenvalue weighted by Gasteiger charge is -2.34. The number of nitrogens with two attached hydrogens (primary N) is 1. The van der Waals surface area contributed by atoms with Crippen molar-refractivity contribution >= 4 is 35.2 Å². The number of anilines is 1. The molecule has 0 atom stereocenters.